The van der Waals surface area contributed by atoms with E-state index in [1.54, 1.807) is 47.9 Å². The van der Waals surface area contributed by atoms with Gasteiger partial charge in [0.2, 0.25) is 0 Å². The van der Waals surface area contributed by atoms with Crippen molar-refractivity contribution >= 4 is 29.2 Å². The van der Waals surface area contributed by atoms with Gasteiger partial charge in [-0.3, -0.25) is 0 Å². The lowest BCUT2D eigenvalue weighted by Gasteiger charge is -2.28. The minimum atomic E-state index is -0.923. The second-order valence-electron chi connectivity index (χ2n) is 11.6. The van der Waals surface area contributed by atoms with E-state index < -0.39 is 29.2 Å². The number of anilines is 1. The van der Waals surface area contributed by atoms with Gasteiger partial charge in [0.05, 0.1) is 18.5 Å². The van der Waals surface area contributed by atoms with Crippen LogP contribution in [0.25, 0.3) is 11.2 Å². The summed E-state index contributed by atoms with van der Waals surface area (Å²) >= 11 is 0. The van der Waals surface area contributed by atoms with Crippen LogP contribution in [0.15, 0.2) is 25.3 Å². The van der Waals surface area contributed by atoms with Crippen molar-refractivity contribution in [2.24, 2.45) is 5.92 Å². The first-order valence-corrected chi connectivity index (χ1v) is 12.0. The average molecular weight is 502 g/mol. The van der Waals surface area contributed by atoms with Crippen molar-refractivity contribution in [2.75, 3.05) is 4.90 Å². The third-order valence-electron chi connectivity index (χ3n) is 5.84. The van der Waals surface area contributed by atoms with Gasteiger partial charge in [-0.25, -0.2) is 24.5 Å². The van der Waals surface area contributed by atoms with Crippen molar-refractivity contribution in [3.8, 4) is 0 Å². The van der Waals surface area contributed by atoms with E-state index >= 15 is 0 Å². The van der Waals surface area contributed by atoms with Crippen molar-refractivity contribution in [3.63, 3.8) is 0 Å². The number of nitrogens with zero attached hydrogens (tertiary/aromatic N) is 5. The van der Waals surface area contributed by atoms with E-state index in [0.29, 0.717) is 12.1 Å². The quantitative estimate of drug-likeness (QED) is 0.548. The van der Waals surface area contributed by atoms with Crippen LogP contribution in [0.2, 0.25) is 0 Å². The molecule has 36 heavy (non-hydrogen) atoms. The lowest BCUT2D eigenvalue weighted by Crippen LogP contribution is -2.44. The Morgan fingerprint density at radius 1 is 1.06 bits per heavy atom. The molecule has 1 saturated heterocycles. The fraction of sp³-hybridized carbons (Fsp3) is 0.640. The van der Waals surface area contributed by atoms with Gasteiger partial charge in [-0.1, -0.05) is 6.08 Å². The van der Waals surface area contributed by atoms with Crippen molar-refractivity contribution in [1.82, 2.24) is 19.5 Å². The number of carbonyl (C=O) groups excluding carboxylic acids is 2. The number of imidazole rings is 1. The molecule has 196 valence electrons. The molecule has 4 atom stereocenters. The highest BCUT2D eigenvalue weighted by Crippen LogP contribution is 2.48. The lowest BCUT2D eigenvalue weighted by molar-refractivity contribution is -0.158. The molecule has 2 aliphatic rings. The highest BCUT2D eigenvalue weighted by Gasteiger charge is 2.54. The van der Waals surface area contributed by atoms with Crippen LogP contribution in [0.3, 0.4) is 0 Å². The topological polar surface area (TPSA) is 118 Å². The Morgan fingerprint density at radius 2 is 1.64 bits per heavy atom. The zero-order valence-electron chi connectivity index (χ0n) is 22.1. The number of aromatic nitrogens is 4. The van der Waals surface area contributed by atoms with Crippen LogP contribution in [0.1, 0.15) is 67.9 Å². The van der Waals surface area contributed by atoms with Crippen LogP contribution < -0.4 is 4.90 Å². The van der Waals surface area contributed by atoms with Gasteiger partial charge in [0.15, 0.2) is 22.8 Å². The molecule has 0 N–H and O–H groups in total. The van der Waals surface area contributed by atoms with Gasteiger partial charge in [-0.15, -0.1) is 6.58 Å². The van der Waals surface area contributed by atoms with E-state index in [1.165, 1.54) is 6.33 Å². The second-order valence-corrected chi connectivity index (χ2v) is 11.6. The average Bonchev–Trinajstić information content (AvgIpc) is 3.36. The van der Waals surface area contributed by atoms with Gasteiger partial charge in [0.25, 0.3) is 0 Å². The van der Waals surface area contributed by atoms with E-state index in [0.717, 1.165) is 4.90 Å². The number of fused-ring (bicyclic) bond motifs is 2. The molecule has 0 spiro atoms. The Morgan fingerprint density at radius 3 is 2.19 bits per heavy atom. The summed E-state index contributed by atoms with van der Waals surface area (Å²) in [5, 5.41) is 0. The predicted molar refractivity (Wildman–Crippen MR) is 131 cm³/mol. The molecule has 0 bridgehead atoms. The van der Waals surface area contributed by atoms with E-state index in [1.807, 2.05) is 24.5 Å². The molecule has 0 aromatic carbocycles. The van der Waals surface area contributed by atoms with Gasteiger partial charge in [0, 0.05) is 5.92 Å². The second kappa shape index (κ2) is 8.81. The van der Waals surface area contributed by atoms with Crippen LogP contribution in [0.4, 0.5) is 15.4 Å². The standard InChI is InChI=1S/C25H35N5O6/c1-10-14-11-15(18-17(14)33-25(8,9)34-18)29-13-28-16-19(29)26-12-27-20(16)30(21(31)35-23(2,3)4)22(32)36-24(5,6)7/h10,12-15,17-18H,1,11H2,2-9H3/t14-,15+,17+,18-/m0/s1. The minimum absolute atomic E-state index is 0.0269. The SMILES string of the molecule is C=C[C@H]1C[C@@H](n2cnc3c(N(C(=O)OC(C)(C)C)C(=O)OC(C)(C)C)ncnc32)[C@@H]2OC(C)(C)O[C@@H]21. The van der Waals surface area contributed by atoms with Crippen LogP contribution in [-0.4, -0.2) is 60.9 Å². The van der Waals surface area contributed by atoms with E-state index in [4.69, 9.17) is 18.9 Å². The van der Waals surface area contributed by atoms with Crippen LogP contribution in [0, 0.1) is 5.92 Å². The number of ether oxygens (including phenoxy) is 4. The summed E-state index contributed by atoms with van der Waals surface area (Å²) in [6, 6.07) is -0.149. The maximum absolute atomic E-state index is 13.2. The largest absolute Gasteiger partial charge is 0.443 e. The van der Waals surface area contributed by atoms with Crippen LogP contribution in [-0.2, 0) is 18.9 Å². The van der Waals surface area contributed by atoms with E-state index in [9.17, 15) is 9.59 Å². The van der Waals surface area contributed by atoms with Crippen molar-refractivity contribution in [2.45, 2.75) is 97.0 Å². The summed E-state index contributed by atoms with van der Waals surface area (Å²) in [5.41, 5.74) is -1.01. The molecule has 3 heterocycles. The first kappa shape index (κ1) is 26.0. The van der Waals surface area contributed by atoms with Gasteiger partial charge in [-0.05, 0) is 61.8 Å². The maximum atomic E-state index is 13.2. The molecule has 0 unspecified atom stereocenters. The third-order valence-corrected chi connectivity index (χ3v) is 5.84. The van der Waals surface area contributed by atoms with E-state index in [2.05, 4.69) is 21.5 Å². The fourth-order valence-corrected chi connectivity index (χ4v) is 4.60. The number of imide groups is 1. The highest BCUT2D eigenvalue weighted by atomic mass is 16.8. The van der Waals surface area contributed by atoms with Gasteiger partial charge in [0.1, 0.15) is 23.6 Å². The summed E-state index contributed by atoms with van der Waals surface area (Å²) in [5.74, 6) is -0.669. The monoisotopic (exact) mass is 501 g/mol. The number of hydrogen-bond donors (Lipinski definition) is 0. The van der Waals surface area contributed by atoms with Crippen LogP contribution >= 0.6 is 0 Å². The Hall–Kier alpha value is -3.05. The molecule has 2 amide bonds. The molecule has 4 rings (SSSR count). The third kappa shape index (κ3) is 5.08. The molecule has 2 fully saturated rings. The Kier molecular flexibility index (Phi) is 6.37. The number of carbonyl (C=O) groups is 2. The fourth-order valence-electron chi connectivity index (χ4n) is 4.60. The molecule has 1 aliphatic heterocycles. The van der Waals surface area contributed by atoms with E-state index in [-0.39, 0.29) is 35.5 Å². The molecular formula is C25H35N5O6. The smallest absolute Gasteiger partial charge is 0.425 e. The number of hydrogen-bond acceptors (Lipinski definition) is 9. The minimum Gasteiger partial charge on any atom is -0.443 e. The molecule has 11 heteroatoms. The highest BCUT2D eigenvalue weighted by molar-refractivity contribution is 6.12. The van der Waals surface area contributed by atoms with Crippen molar-refractivity contribution < 1.29 is 28.5 Å². The van der Waals surface area contributed by atoms with Gasteiger partial charge < -0.3 is 23.5 Å². The Balaban J connectivity index is 1.77. The van der Waals surface area contributed by atoms with Crippen molar-refractivity contribution in [1.29, 1.82) is 0 Å². The molecule has 11 nitrogen and oxygen atoms in total. The lowest BCUT2D eigenvalue weighted by atomic mass is 10.1. The summed E-state index contributed by atoms with van der Waals surface area (Å²) in [7, 11) is 0. The summed E-state index contributed by atoms with van der Waals surface area (Å²) < 4.78 is 25.3. The first-order valence-electron chi connectivity index (χ1n) is 12.0. The zero-order valence-corrected chi connectivity index (χ0v) is 22.1. The Bertz CT molecular complexity index is 1150. The molecule has 0 radical (unpaired) electrons. The molecule has 2 aromatic heterocycles. The molecular weight excluding hydrogens is 466 g/mol. The Labute approximate surface area is 210 Å². The normalized spacial score (nSPS) is 25.4. The van der Waals surface area contributed by atoms with Gasteiger partial charge in [-0.2, -0.15) is 4.90 Å². The first-order chi connectivity index (χ1) is 16.6. The van der Waals surface area contributed by atoms with Crippen LogP contribution in [0.5, 0.6) is 0 Å². The number of rotatable bonds is 3. The summed E-state index contributed by atoms with van der Waals surface area (Å²) in [6.45, 7) is 18.0. The molecule has 1 saturated carbocycles. The summed E-state index contributed by atoms with van der Waals surface area (Å²) in [6.07, 6.45) is 3.25. The van der Waals surface area contributed by atoms with Gasteiger partial charge >= 0.3 is 12.2 Å². The molecule has 1 aliphatic carbocycles. The number of amides is 2. The zero-order chi connectivity index (χ0) is 26.6. The predicted octanol–water partition coefficient (Wildman–Crippen LogP) is 4.77. The molecule has 2 aromatic rings. The summed E-state index contributed by atoms with van der Waals surface area (Å²) in [4.78, 5) is 40.2. The maximum Gasteiger partial charge on any atom is 0.425 e. The van der Waals surface area contributed by atoms with Crippen molar-refractivity contribution in [3.05, 3.63) is 25.3 Å².